The number of hydrogen-bond donors (Lipinski definition) is 1. The Hall–Kier alpha value is -3.05. The third kappa shape index (κ3) is 4.20. The molecule has 0 aliphatic carbocycles. The van der Waals surface area contributed by atoms with Crippen molar-refractivity contribution < 1.29 is 9.59 Å². The Morgan fingerprint density at radius 3 is 2.55 bits per heavy atom. The van der Waals surface area contributed by atoms with E-state index in [4.69, 9.17) is 0 Å². The van der Waals surface area contributed by atoms with Crippen molar-refractivity contribution >= 4 is 28.7 Å². The second-order valence-corrected chi connectivity index (χ2v) is 7.83. The minimum Gasteiger partial charge on any atom is -0.346 e. The molecule has 1 N–H and O–H groups in total. The van der Waals surface area contributed by atoms with Gasteiger partial charge in [0.25, 0.3) is 0 Å². The number of piperidine rings is 1. The van der Waals surface area contributed by atoms with Crippen LogP contribution in [0, 0.1) is 5.92 Å². The second-order valence-electron chi connectivity index (χ2n) is 7.83. The van der Waals surface area contributed by atoms with Gasteiger partial charge in [0.05, 0.1) is 0 Å². The highest BCUT2D eigenvalue weighted by molar-refractivity contribution is 5.99. The highest BCUT2D eigenvalue weighted by atomic mass is 16.1. The first-order valence-electron chi connectivity index (χ1n) is 10.0. The van der Waals surface area contributed by atoms with Gasteiger partial charge in [-0.1, -0.05) is 24.3 Å². The van der Waals surface area contributed by atoms with Crippen molar-refractivity contribution in [3.63, 3.8) is 0 Å². The standard InChI is InChI=1S/C24H25N3O2/c1-16(28)3-4-20-14-25-24-22(20)13-21(15-26-24)17-5-7-18(8-6-17)23(29)19-9-11-27(2)12-10-19/h3-8,13-15,19H,9-12H2,1-2H3,(H,25,26)/b4-3+. The van der Waals surface area contributed by atoms with Crippen molar-refractivity contribution in [1.82, 2.24) is 14.9 Å². The molecule has 1 aromatic carbocycles. The molecule has 1 saturated heterocycles. The summed E-state index contributed by atoms with van der Waals surface area (Å²) in [4.78, 5) is 33.9. The fourth-order valence-corrected chi connectivity index (χ4v) is 3.86. The number of allylic oxidation sites excluding steroid dienone is 1. The molecule has 1 aliphatic heterocycles. The van der Waals surface area contributed by atoms with Gasteiger partial charge in [-0.3, -0.25) is 9.59 Å². The Bertz CT molecular complexity index is 1070. The molecule has 0 unspecified atom stereocenters. The molecular formula is C24H25N3O2. The Balaban J connectivity index is 1.57. The zero-order valence-corrected chi connectivity index (χ0v) is 16.8. The van der Waals surface area contributed by atoms with Gasteiger partial charge in [0.1, 0.15) is 5.65 Å². The lowest BCUT2D eigenvalue weighted by molar-refractivity contribution is -0.112. The van der Waals surface area contributed by atoms with E-state index in [0.29, 0.717) is 0 Å². The maximum absolute atomic E-state index is 12.8. The number of rotatable bonds is 5. The van der Waals surface area contributed by atoms with Crippen molar-refractivity contribution in [2.24, 2.45) is 5.92 Å². The molecule has 0 amide bonds. The SMILES string of the molecule is CC(=O)/C=C/c1c[nH]c2ncc(-c3ccc(C(=O)C4CCN(C)CC4)cc3)cc12. The van der Waals surface area contributed by atoms with Crippen LogP contribution in [0.2, 0.25) is 0 Å². The van der Waals surface area contributed by atoms with E-state index in [1.165, 1.54) is 6.92 Å². The molecule has 2 aromatic heterocycles. The number of carbonyl (C=O) groups excluding carboxylic acids is 2. The normalized spacial score (nSPS) is 15.9. The van der Waals surface area contributed by atoms with Crippen molar-refractivity contribution in [2.45, 2.75) is 19.8 Å². The molecule has 4 rings (SSSR count). The summed E-state index contributed by atoms with van der Waals surface area (Å²) in [7, 11) is 2.10. The summed E-state index contributed by atoms with van der Waals surface area (Å²) in [5.74, 6) is 0.388. The number of Topliss-reactive ketones (excluding diaryl/α,β-unsaturated/α-hetero) is 1. The average molecular weight is 387 g/mol. The van der Waals surface area contributed by atoms with E-state index in [1.54, 1.807) is 12.2 Å². The summed E-state index contributed by atoms with van der Waals surface area (Å²) in [6.07, 6.45) is 8.90. The minimum absolute atomic E-state index is 0.00771. The van der Waals surface area contributed by atoms with Gasteiger partial charge in [0.2, 0.25) is 0 Å². The molecule has 3 heterocycles. The second kappa shape index (κ2) is 8.13. The molecular weight excluding hydrogens is 362 g/mol. The van der Waals surface area contributed by atoms with Crippen LogP contribution in [-0.2, 0) is 4.79 Å². The zero-order chi connectivity index (χ0) is 20.4. The number of aromatic amines is 1. The Morgan fingerprint density at radius 2 is 1.86 bits per heavy atom. The van der Waals surface area contributed by atoms with E-state index in [-0.39, 0.29) is 17.5 Å². The van der Waals surface area contributed by atoms with E-state index in [1.807, 2.05) is 36.7 Å². The number of pyridine rings is 1. The molecule has 1 aliphatic rings. The van der Waals surface area contributed by atoms with Crippen molar-refractivity contribution in [3.8, 4) is 11.1 Å². The number of aromatic nitrogens is 2. The summed E-state index contributed by atoms with van der Waals surface area (Å²) >= 11 is 0. The number of ketones is 2. The molecule has 148 valence electrons. The zero-order valence-electron chi connectivity index (χ0n) is 16.8. The molecule has 5 heteroatoms. The van der Waals surface area contributed by atoms with E-state index in [9.17, 15) is 9.59 Å². The van der Waals surface area contributed by atoms with Gasteiger partial charge in [-0.05, 0) is 63.7 Å². The van der Waals surface area contributed by atoms with Gasteiger partial charge in [0, 0.05) is 40.4 Å². The van der Waals surface area contributed by atoms with E-state index >= 15 is 0 Å². The van der Waals surface area contributed by atoms with Crippen LogP contribution in [0.15, 0.2) is 48.8 Å². The van der Waals surface area contributed by atoms with Gasteiger partial charge in [-0.25, -0.2) is 4.98 Å². The molecule has 0 bridgehead atoms. The largest absolute Gasteiger partial charge is 0.346 e. The Morgan fingerprint density at radius 1 is 1.14 bits per heavy atom. The first kappa shape index (κ1) is 19.3. The van der Waals surface area contributed by atoms with Crippen molar-refractivity contribution in [1.29, 1.82) is 0 Å². The number of hydrogen-bond acceptors (Lipinski definition) is 4. The van der Waals surface area contributed by atoms with Crippen LogP contribution in [0.25, 0.3) is 28.2 Å². The number of benzene rings is 1. The third-order valence-corrected chi connectivity index (χ3v) is 5.65. The molecule has 3 aromatic rings. The summed E-state index contributed by atoms with van der Waals surface area (Å²) in [5, 5.41) is 0.964. The van der Waals surface area contributed by atoms with E-state index < -0.39 is 0 Å². The minimum atomic E-state index is 0.00771. The highest BCUT2D eigenvalue weighted by Crippen LogP contribution is 2.27. The molecule has 1 fully saturated rings. The van der Waals surface area contributed by atoms with Gasteiger partial charge in [-0.15, -0.1) is 0 Å². The lowest BCUT2D eigenvalue weighted by Gasteiger charge is -2.28. The van der Waals surface area contributed by atoms with Crippen LogP contribution < -0.4 is 0 Å². The smallest absolute Gasteiger partial charge is 0.166 e. The molecule has 5 nitrogen and oxygen atoms in total. The maximum atomic E-state index is 12.8. The number of likely N-dealkylation sites (tertiary alicyclic amines) is 1. The molecule has 0 atom stereocenters. The van der Waals surface area contributed by atoms with Gasteiger partial charge in [0.15, 0.2) is 11.6 Å². The Labute approximate surface area is 170 Å². The quantitative estimate of drug-likeness (QED) is 0.522. The lowest BCUT2D eigenvalue weighted by Crippen LogP contribution is -2.33. The number of nitrogens with zero attached hydrogens (tertiary/aromatic N) is 2. The lowest BCUT2D eigenvalue weighted by atomic mass is 9.88. The summed E-state index contributed by atoms with van der Waals surface area (Å²) in [6, 6.07) is 9.89. The Kier molecular flexibility index (Phi) is 5.41. The van der Waals surface area contributed by atoms with Crippen LogP contribution in [0.4, 0.5) is 0 Å². The fraction of sp³-hybridized carbons (Fsp3) is 0.292. The fourth-order valence-electron chi connectivity index (χ4n) is 3.86. The first-order valence-corrected chi connectivity index (χ1v) is 10.0. The van der Waals surface area contributed by atoms with E-state index in [2.05, 4.69) is 28.0 Å². The molecule has 0 radical (unpaired) electrons. The van der Waals surface area contributed by atoms with Gasteiger partial charge in [-0.2, -0.15) is 0 Å². The molecule has 0 saturated carbocycles. The highest BCUT2D eigenvalue weighted by Gasteiger charge is 2.24. The van der Waals surface area contributed by atoms with E-state index in [0.717, 1.165) is 59.2 Å². The summed E-state index contributed by atoms with van der Waals surface area (Å²) < 4.78 is 0. The maximum Gasteiger partial charge on any atom is 0.166 e. The topological polar surface area (TPSA) is 66.1 Å². The van der Waals surface area contributed by atoms with Crippen molar-refractivity contribution in [2.75, 3.05) is 20.1 Å². The number of fused-ring (bicyclic) bond motifs is 1. The predicted molar refractivity (Wildman–Crippen MR) is 116 cm³/mol. The predicted octanol–water partition coefficient (Wildman–Crippen LogP) is 4.36. The van der Waals surface area contributed by atoms with Gasteiger partial charge < -0.3 is 9.88 Å². The van der Waals surface area contributed by atoms with Crippen LogP contribution in [0.5, 0.6) is 0 Å². The third-order valence-electron chi connectivity index (χ3n) is 5.65. The van der Waals surface area contributed by atoms with Crippen LogP contribution in [0.3, 0.4) is 0 Å². The first-order chi connectivity index (χ1) is 14.0. The molecule has 29 heavy (non-hydrogen) atoms. The van der Waals surface area contributed by atoms with Crippen molar-refractivity contribution in [3.05, 3.63) is 59.9 Å². The summed E-state index contributed by atoms with van der Waals surface area (Å²) in [6.45, 7) is 3.50. The van der Waals surface area contributed by atoms with Crippen LogP contribution >= 0.6 is 0 Å². The average Bonchev–Trinajstić information content (AvgIpc) is 3.14. The molecule has 0 spiro atoms. The van der Waals surface area contributed by atoms with Gasteiger partial charge >= 0.3 is 0 Å². The summed E-state index contributed by atoms with van der Waals surface area (Å²) in [5.41, 5.74) is 4.49. The van der Waals surface area contributed by atoms with Crippen LogP contribution in [-0.4, -0.2) is 46.6 Å². The van der Waals surface area contributed by atoms with Crippen LogP contribution in [0.1, 0.15) is 35.7 Å². The number of nitrogens with one attached hydrogen (secondary N) is 1. The number of H-pyrrole nitrogens is 1. The number of carbonyl (C=O) groups is 2. The monoisotopic (exact) mass is 387 g/mol.